The van der Waals surface area contributed by atoms with Gasteiger partial charge in [0.2, 0.25) is 0 Å². The number of nitrogens with zero attached hydrogens (tertiary/aromatic N) is 1. The Morgan fingerprint density at radius 2 is 2.24 bits per heavy atom. The lowest BCUT2D eigenvalue weighted by Crippen LogP contribution is -2.00. The number of rotatable bonds is 4. The molecule has 5 heteroatoms. The number of halogens is 2. The summed E-state index contributed by atoms with van der Waals surface area (Å²) in [6.45, 7) is 0.573. The maximum atomic E-state index is 13.7. The Bertz CT molecular complexity index is 513. The molecule has 0 amide bonds. The standard InChI is InChI=1S/C12H12ClFN2O/c13-9-4-1-3-8(12(9)14)10-7-16-11(17-10)5-2-6-15/h1,3-4,7H,2,5-6,15H2. The van der Waals surface area contributed by atoms with E-state index in [0.717, 1.165) is 6.42 Å². The van der Waals surface area contributed by atoms with Crippen LogP contribution in [0.4, 0.5) is 4.39 Å². The first-order chi connectivity index (χ1) is 8.22. The minimum Gasteiger partial charge on any atom is -0.441 e. The van der Waals surface area contributed by atoms with Gasteiger partial charge < -0.3 is 10.2 Å². The molecule has 2 N–H and O–H groups in total. The Morgan fingerprint density at radius 3 is 3.00 bits per heavy atom. The predicted molar refractivity (Wildman–Crippen MR) is 64.3 cm³/mol. The monoisotopic (exact) mass is 254 g/mol. The van der Waals surface area contributed by atoms with Gasteiger partial charge in [0, 0.05) is 6.42 Å². The highest BCUT2D eigenvalue weighted by Gasteiger charge is 2.12. The smallest absolute Gasteiger partial charge is 0.194 e. The zero-order valence-electron chi connectivity index (χ0n) is 9.12. The third-order valence-electron chi connectivity index (χ3n) is 2.37. The number of benzene rings is 1. The van der Waals surface area contributed by atoms with Gasteiger partial charge in [-0.25, -0.2) is 9.37 Å². The van der Waals surface area contributed by atoms with Crippen LogP contribution < -0.4 is 5.73 Å². The van der Waals surface area contributed by atoms with Crippen LogP contribution in [0, 0.1) is 5.82 Å². The number of oxazole rings is 1. The topological polar surface area (TPSA) is 52.0 Å². The van der Waals surface area contributed by atoms with Crippen LogP contribution in [0.2, 0.25) is 5.02 Å². The summed E-state index contributed by atoms with van der Waals surface area (Å²) in [6.07, 6.45) is 2.94. The third kappa shape index (κ3) is 2.65. The molecule has 0 saturated carbocycles. The average Bonchev–Trinajstić information content (AvgIpc) is 2.78. The first kappa shape index (κ1) is 12.1. The first-order valence-electron chi connectivity index (χ1n) is 5.31. The van der Waals surface area contributed by atoms with E-state index in [-0.39, 0.29) is 5.02 Å². The highest BCUT2D eigenvalue weighted by molar-refractivity contribution is 6.31. The van der Waals surface area contributed by atoms with Gasteiger partial charge in [-0.15, -0.1) is 0 Å². The maximum Gasteiger partial charge on any atom is 0.194 e. The molecule has 3 nitrogen and oxygen atoms in total. The maximum absolute atomic E-state index is 13.7. The molecule has 0 saturated heterocycles. The van der Waals surface area contributed by atoms with Crippen molar-refractivity contribution in [2.24, 2.45) is 5.73 Å². The molecular weight excluding hydrogens is 243 g/mol. The van der Waals surface area contributed by atoms with Crippen molar-refractivity contribution in [3.8, 4) is 11.3 Å². The van der Waals surface area contributed by atoms with Gasteiger partial charge in [-0.2, -0.15) is 0 Å². The lowest BCUT2D eigenvalue weighted by molar-refractivity contribution is 0.496. The summed E-state index contributed by atoms with van der Waals surface area (Å²) >= 11 is 5.70. The average molecular weight is 255 g/mol. The van der Waals surface area contributed by atoms with Gasteiger partial charge in [-0.1, -0.05) is 17.7 Å². The van der Waals surface area contributed by atoms with E-state index in [9.17, 15) is 4.39 Å². The molecule has 0 fully saturated rings. The van der Waals surface area contributed by atoms with Gasteiger partial charge >= 0.3 is 0 Å². The van der Waals surface area contributed by atoms with Gasteiger partial charge in [-0.05, 0) is 25.1 Å². The number of aromatic nitrogens is 1. The zero-order valence-corrected chi connectivity index (χ0v) is 9.88. The number of hydrogen-bond acceptors (Lipinski definition) is 3. The molecule has 1 aromatic heterocycles. The molecule has 2 aromatic rings. The summed E-state index contributed by atoms with van der Waals surface area (Å²) in [5.74, 6) is 0.456. The van der Waals surface area contributed by atoms with Gasteiger partial charge in [0.15, 0.2) is 17.5 Å². The van der Waals surface area contributed by atoms with Crippen LogP contribution in [0.5, 0.6) is 0 Å². The first-order valence-corrected chi connectivity index (χ1v) is 5.69. The highest BCUT2D eigenvalue weighted by atomic mass is 35.5. The van der Waals surface area contributed by atoms with Crippen LogP contribution in [0.15, 0.2) is 28.8 Å². The van der Waals surface area contributed by atoms with Crippen molar-refractivity contribution in [1.82, 2.24) is 4.98 Å². The van der Waals surface area contributed by atoms with E-state index < -0.39 is 5.82 Å². The quantitative estimate of drug-likeness (QED) is 0.912. The molecule has 0 atom stereocenters. The van der Waals surface area contributed by atoms with Gasteiger partial charge in [-0.3, -0.25) is 0 Å². The van der Waals surface area contributed by atoms with E-state index in [1.165, 1.54) is 12.3 Å². The molecule has 0 radical (unpaired) electrons. The van der Waals surface area contributed by atoms with Crippen molar-refractivity contribution in [1.29, 1.82) is 0 Å². The van der Waals surface area contributed by atoms with Crippen LogP contribution in [-0.4, -0.2) is 11.5 Å². The minimum absolute atomic E-state index is 0.0717. The summed E-state index contributed by atoms with van der Waals surface area (Å²) in [5.41, 5.74) is 5.71. The summed E-state index contributed by atoms with van der Waals surface area (Å²) in [6, 6.07) is 4.77. The van der Waals surface area contributed by atoms with Crippen molar-refractivity contribution in [3.63, 3.8) is 0 Å². The SMILES string of the molecule is NCCCc1ncc(-c2cccc(Cl)c2F)o1. The van der Waals surface area contributed by atoms with Crippen molar-refractivity contribution in [2.45, 2.75) is 12.8 Å². The van der Waals surface area contributed by atoms with E-state index in [4.69, 9.17) is 21.8 Å². The summed E-state index contributed by atoms with van der Waals surface area (Å²) in [4.78, 5) is 4.07. The Morgan fingerprint density at radius 1 is 1.41 bits per heavy atom. The summed E-state index contributed by atoms with van der Waals surface area (Å²) in [5, 5.41) is 0.0717. The molecule has 1 heterocycles. The molecule has 0 spiro atoms. The molecule has 0 unspecified atom stereocenters. The van der Waals surface area contributed by atoms with Crippen molar-refractivity contribution < 1.29 is 8.81 Å². The zero-order chi connectivity index (χ0) is 12.3. The van der Waals surface area contributed by atoms with E-state index in [1.54, 1.807) is 12.1 Å². The van der Waals surface area contributed by atoms with E-state index >= 15 is 0 Å². The normalized spacial score (nSPS) is 10.8. The highest BCUT2D eigenvalue weighted by Crippen LogP contribution is 2.28. The lowest BCUT2D eigenvalue weighted by atomic mass is 10.2. The van der Waals surface area contributed by atoms with Crippen LogP contribution in [0.3, 0.4) is 0 Å². The van der Waals surface area contributed by atoms with E-state index in [2.05, 4.69) is 4.98 Å². The molecule has 0 aliphatic carbocycles. The van der Waals surface area contributed by atoms with Crippen LogP contribution in [-0.2, 0) is 6.42 Å². The minimum atomic E-state index is -0.490. The Balaban J connectivity index is 2.27. The molecule has 2 rings (SSSR count). The number of hydrogen-bond donors (Lipinski definition) is 1. The largest absolute Gasteiger partial charge is 0.441 e. The second-order valence-corrected chi connectivity index (χ2v) is 4.02. The Labute approximate surface area is 103 Å². The van der Waals surface area contributed by atoms with Gasteiger partial charge in [0.1, 0.15) is 0 Å². The molecule has 0 bridgehead atoms. The molecular formula is C12H12ClFN2O. The van der Waals surface area contributed by atoms with Gasteiger partial charge in [0.05, 0.1) is 16.8 Å². The Hall–Kier alpha value is -1.39. The molecule has 0 aliphatic heterocycles. The molecule has 17 heavy (non-hydrogen) atoms. The van der Waals surface area contributed by atoms with Crippen molar-refractivity contribution in [2.75, 3.05) is 6.54 Å². The fraction of sp³-hybridized carbons (Fsp3) is 0.250. The van der Waals surface area contributed by atoms with E-state index in [1.807, 2.05) is 0 Å². The lowest BCUT2D eigenvalue weighted by Gasteiger charge is -2.00. The molecule has 90 valence electrons. The molecule has 1 aromatic carbocycles. The van der Waals surface area contributed by atoms with E-state index in [0.29, 0.717) is 30.2 Å². The molecule has 0 aliphatic rings. The fourth-order valence-electron chi connectivity index (χ4n) is 1.50. The predicted octanol–water partition coefficient (Wildman–Crippen LogP) is 3.03. The van der Waals surface area contributed by atoms with Crippen LogP contribution >= 0.6 is 11.6 Å². The fourth-order valence-corrected chi connectivity index (χ4v) is 1.67. The summed E-state index contributed by atoms with van der Waals surface area (Å²) in [7, 11) is 0. The summed E-state index contributed by atoms with van der Waals surface area (Å²) < 4.78 is 19.2. The second-order valence-electron chi connectivity index (χ2n) is 3.61. The number of nitrogens with two attached hydrogens (primary N) is 1. The number of aryl methyl sites for hydroxylation is 1. The Kier molecular flexibility index (Phi) is 3.76. The van der Waals surface area contributed by atoms with Crippen LogP contribution in [0.1, 0.15) is 12.3 Å². The second kappa shape index (κ2) is 5.29. The van der Waals surface area contributed by atoms with Crippen molar-refractivity contribution in [3.05, 3.63) is 41.1 Å². The van der Waals surface area contributed by atoms with Gasteiger partial charge in [0.25, 0.3) is 0 Å². The van der Waals surface area contributed by atoms with Crippen molar-refractivity contribution >= 4 is 11.6 Å². The third-order valence-corrected chi connectivity index (χ3v) is 2.66. The van der Waals surface area contributed by atoms with Crippen LogP contribution in [0.25, 0.3) is 11.3 Å².